The van der Waals surface area contributed by atoms with Gasteiger partial charge in [-0.1, -0.05) is 6.07 Å². The van der Waals surface area contributed by atoms with E-state index in [2.05, 4.69) is 5.32 Å². The zero-order valence-corrected chi connectivity index (χ0v) is 17.7. The van der Waals surface area contributed by atoms with E-state index >= 15 is 0 Å². The largest absolute Gasteiger partial charge is 0.504 e. The van der Waals surface area contributed by atoms with Crippen LogP contribution in [0.5, 0.6) is 23.0 Å². The van der Waals surface area contributed by atoms with Crippen molar-refractivity contribution in [3.05, 3.63) is 59.4 Å². The third-order valence-corrected chi connectivity index (χ3v) is 5.51. The van der Waals surface area contributed by atoms with Crippen LogP contribution in [0.25, 0.3) is 5.69 Å². The molecule has 9 heteroatoms. The average Bonchev–Trinajstić information content (AvgIpc) is 3.17. The lowest BCUT2D eigenvalue weighted by molar-refractivity contribution is -0.116. The number of phenolic OH excluding ortho intramolecular Hbond substituents is 1. The maximum Gasteiger partial charge on any atom is 0.339 e. The van der Waals surface area contributed by atoms with Gasteiger partial charge in [0.1, 0.15) is 17.1 Å². The predicted molar refractivity (Wildman–Crippen MR) is 116 cm³/mol. The number of anilines is 1. The zero-order chi connectivity index (χ0) is 23.0. The summed E-state index contributed by atoms with van der Waals surface area (Å²) in [5.41, 5.74) is 1.95. The summed E-state index contributed by atoms with van der Waals surface area (Å²) in [5, 5.41) is 22.8. The number of carboxylic acids is 1. The lowest BCUT2D eigenvalue weighted by Crippen LogP contribution is -2.25. The number of carbonyl (C=O) groups is 2. The molecule has 0 spiro atoms. The van der Waals surface area contributed by atoms with Crippen LogP contribution in [-0.4, -0.2) is 48.0 Å². The van der Waals surface area contributed by atoms with Crippen LogP contribution in [-0.2, 0) is 4.79 Å². The molecule has 0 radical (unpaired) electrons. The Morgan fingerprint density at radius 2 is 1.81 bits per heavy atom. The molecule has 4 rings (SSSR count). The Morgan fingerprint density at radius 3 is 2.44 bits per heavy atom. The van der Waals surface area contributed by atoms with E-state index in [9.17, 15) is 19.8 Å². The number of aromatic nitrogens is 1. The monoisotopic (exact) mass is 438 g/mol. The summed E-state index contributed by atoms with van der Waals surface area (Å²) >= 11 is 0. The fraction of sp³-hybridized carbons (Fsp3) is 0.217. The van der Waals surface area contributed by atoms with Crippen molar-refractivity contribution in [2.75, 3.05) is 26.6 Å². The van der Waals surface area contributed by atoms with Crippen LogP contribution in [0.1, 0.15) is 34.0 Å². The van der Waals surface area contributed by atoms with E-state index in [0.29, 0.717) is 34.2 Å². The summed E-state index contributed by atoms with van der Waals surface area (Å²) in [4.78, 5) is 24.5. The number of phenols is 1. The third-order valence-electron chi connectivity index (χ3n) is 5.51. The second kappa shape index (κ2) is 8.18. The van der Waals surface area contributed by atoms with E-state index in [-0.39, 0.29) is 29.3 Å². The summed E-state index contributed by atoms with van der Waals surface area (Å²) in [6, 6.07) is 10.1. The van der Waals surface area contributed by atoms with Crippen LogP contribution >= 0.6 is 0 Å². The van der Waals surface area contributed by atoms with Crippen LogP contribution in [0.2, 0.25) is 0 Å². The van der Waals surface area contributed by atoms with Gasteiger partial charge in [-0.3, -0.25) is 4.79 Å². The number of aromatic carboxylic acids is 1. The van der Waals surface area contributed by atoms with Gasteiger partial charge in [0.05, 0.1) is 38.4 Å². The van der Waals surface area contributed by atoms with Gasteiger partial charge in [-0.25, -0.2) is 4.79 Å². The molecule has 3 aromatic rings. The summed E-state index contributed by atoms with van der Waals surface area (Å²) in [7, 11) is 4.49. The van der Waals surface area contributed by atoms with Crippen LogP contribution in [0.4, 0.5) is 5.69 Å². The van der Waals surface area contributed by atoms with E-state index in [1.54, 1.807) is 34.9 Å². The number of hydrogen-bond acceptors (Lipinski definition) is 6. The van der Waals surface area contributed by atoms with Gasteiger partial charge in [-0.2, -0.15) is 0 Å². The molecule has 0 unspecified atom stereocenters. The first-order chi connectivity index (χ1) is 15.4. The molecule has 1 aliphatic heterocycles. The highest BCUT2D eigenvalue weighted by Crippen LogP contribution is 2.44. The number of nitrogens with one attached hydrogen (secondary N) is 1. The smallest absolute Gasteiger partial charge is 0.339 e. The molecule has 2 aromatic carbocycles. The maximum absolute atomic E-state index is 12.5. The van der Waals surface area contributed by atoms with E-state index < -0.39 is 11.9 Å². The maximum atomic E-state index is 12.5. The fourth-order valence-electron chi connectivity index (χ4n) is 4.01. The Morgan fingerprint density at radius 1 is 1.06 bits per heavy atom. The predicted octanol–water partition coefficient (Wildman–Crippen LogP) is 3.38. The fourth-order valence-corrected chi connectivity index (χ4v) is 4.01. The second-order valence-electron chi connectivity index (χ2n) is 7.25. The Bertz CT molecular complexity index is 1220. The van der Waals surface area contributed by atoms with Crippen LogP contribution in [0.3, 0.4) is 0 Å². The minimum atomic E-state index is -1.17. The highest BCUT2D eigenvalue weighted by molar-refractivity contribution is 6.04. The van der Waals surface area contributed by atoms with Gasteiger partial charge in [-0.05, 0) is 29.8 Å². The molecule has 1 aliphatic rings. The Kier molecular flexibility index (Phi) is 5.40. The molecule has 0 bridgehead atoms. The van der Waals surface area contributed by atoms with Gasteiger partial charge in [0, 0.05) is 24.6 Å². The van der Waals surface area contributed by atoms with Crippen LogP contribution in [0.15, 0.2) is 42.6 Å². The standard InChI is InChI=1S/C23H22N2O7/c1-30-13-5-6-16(19(9-13)32-3)25-11-15(23(28)29)21-22(25)14(10-20(27)24-21)12-4-7-18(31-2)17(26)8-12/h4-9,11,14,26H,10H2,1-3H3,(H,24,27)(H,28,29)/t14-/m1/s1. The molecule has 3 N–H and O–H groups in total. The number of rotatable bonds is 6. The number of fused-ring (bicyclic) bond motifs is 1. The van der Waals surface area contributed by atoms with Crippen molar-refractivity contribution in [1.29, 1.82) is 0 Å². The van der Waals surface area contributed by atoms with Gasteiger partial charge in [0.25, 0.3) is 0 Å². The molecule has 1 amide bonds. The first-order valence-electron chi connectivity index (χ1n) is 9.75. The quantitative estimate of drug-likeness (QED) is 0.540. The van der Waals surface area contributed by atoms with Crippen molar-refractivity contribution in [3.63, 3.8) is 0 Å². The van der Waals surface area contributed by atoms with Gasteiger partial charge in [0.15, 0.2) is 11.5 Å². The Balaban J connectivity index is 1.97. The van der Waals surface area contributed by atoms with Crippen LogP contribution in [0, 0.1) is 0 Å². The van der Waals surface area contributed by atoms with E-state index in [4.69, 9.17) is 14.2 Å². The third kappa shape index (κ3) is 3.47. The molecule has 0 saturated heterocycles. The Hall–Kier alpha value is -4.14. The summed E-state index contributed by atoms with van der Waals surface area (Å²) in [6.07, 6.45) is 1.53. The van der Waals surface area contributed by atoms with Crippen molar-refractivity contribution in [3.8, 4) is 28.7 Å². The number of methoxy groups -OCH3 is 3. The number of aromatic hydroxyl groups is 1. The molecular weight excluding hydrogens is 416 g/mol. The molecule has 2 heterocycles. The van der Waals surface area contributed by atoms with Crippen molar-refractivity contribution < 1.29 is 34.0 Å². The summed E-state index contributed by atoms with van der Waals surface area (Å²) < 4.78 is 17.6. The molecule has 0 saturated carbocycles. The molecule has 0 fully saturated rings. The molecule has 0 aliphatic carbocycles. The Labute approximate surface area is 183 Å². The number of nitrogens with zero attached hydrogens (tertiary/aromatic N) is 1. The zero-order valence-electron chi connectivity index (χ0n) is 17.7. The van der Waals surface area contributed by atoms with Gasteiger partial charge in [-0.15, -0.1) is 0 Å². The normalized spacial score (nSPS) is 15.0. The van der Waals surface area contributed by atoms with Gasteiger partial charge < -0.3 is 34.3 Å². The van der Waals surface area contributed by atoms with E-state index in [0.717, 1.165) is 0 Å². The summed E-state index contributed by atoms with van der Waals surface area (Å²) in [6.45, 7) is 0. The minimum absolute atomic E-state index is 0.0475. The number of carbonyl (C=O) groups excluding carboxylic acids is 1. The average molecular weight is 438 g/mol. The topological polar surface area (TPSA) is 119 Å². The van der Waals surface area contributed by atoms with Crippen molar-refractivity contribution in [2.45, 2.75) is 12.3 Å². The molecule has 32 heavy (non-hydrogen) atoms. The first-order valence-corrected chi connectivity index (χ1v) is 9.75. The molecule has 9 nitrogen and oxygen atoms in total. The van der Waals surface area contributed by atoms with E-state index in [1.165, 1.54) is 33.6 Å². The number of benzene rings is 2. The van der Waals surface area contributed by atoms with E-state index in [1.807, 2.05) is 0 Å². The highest BCUT2D eigenvalue weighted by atomic mass is 16.5. The molecular formula is C23H22N2O7. The van der Waals surface area contributed by atoms with Crippen molar-refractivity contribution in [1.82, 2.24) is 4.57 Å². The first kappa shape index (κ1) is 21.1. The van der Waals surface area contributed by atoms with Crippen LogP contribution < -0.4 is 19.5 Å². The lowest BCUT2D eigenvalue weighted by atomic mass is 9.88. The SMILES string of the molecule is COc1ccc(-n2cc(C(=O)O)c3c2[C@@H](c2ccc(OC)c(O)c2)CC(=O)N3)c(OC)c1. The number of amides is 1. The van der Waals surface area contributed by atoms with Crippen molar-refractivity contribution >= 4 is 17.6 Å². The van der Waals surface area contributed by atoms with Crippen molar-refractivity contribution in [2.24, 2.45) is 0 Å². The number of hydrogen-bond donors (Lipinski definition) is 3. The summed E-state index contributed by atoms with van der Waals surface area (Å²) in [5.74, 6) is -0.743. The number of ether oxygens (including phenoxy) is 3. The molecule has 166 valence electrons. The molecule has 1 aromatic heterocycles. The molecule has 1 atom stereocenters. The number of carboxylic acid groups (broad SMARTS) is 1. The second-order valence-corrected chi connectivity index (χ2v) is 7.25. The lowest BCUT2D eigenvalue weighted by Gasteiger charge is -2.27. The van der Waals surface area contributed by atoms with Gasteiger partial charge >= 0.3 is 5.97 Å². The minimum Gasteiger partial charge on any atom is -0.504 e. The highest BCUT2D eigenvalue weighted by Gasteiger charge is 2.35. The van der Waals surface area contributed by atoms with Gasteiger partial charge in [0.2, 0.25) is 5.91 Å².